The Labute approximate surface area is 108 Å². The maximum Gasteiger partial charge on any atom is 0.165 e. The zero-order chi connectivity index (χ0) is 12.4. The van der Waals surface area contributed by atoms with Crippen LogP contribution in [0.5, 0.6) is 5.75 Å². The Hall–Kier alpha value is -1.13. The van der Waals surface area contributed by atoms with Gasteiger partial charge in [0.2, 0.25) is 0 Å². The highest BCUT2D eigenvalue weighted by Crippen LogP contribution is 2.37. The Morgan fingerprint density at radius 3 is 3.00 bits per heavy atom. The lowest BCUT2D eigenvalue weighted by Crippen LogP contribution is -2.00. The van der Waals surface area contributed by atoms with Crippen LogP contribution >= 0.6 is 22.9 Å². The van der Waals surface area contributed by atoms with Gasteiger partial charge in [0.1, 0.15) is 5.52 Å². The van der Waals surface area contributed by atoms with Crippen molar-refractivity contribution in [3.63, 3.8) is 0 Å². The van der Waals surface area contributed by atoms with Crippen molar-refractivity contribution in [3.8, 4) is 5.75 Å². The number of nitrogens with zero attached hydrogens (tertiary/aromatic N) is 1. The van der Waals surface area contributed by atoms with E-state index in [-0.39, 0.29) is 5.78 Å². The third kappa shape index (κ3) is 2.15. The number of pyridine rings is 1. The van der Waals surface area contributed by atoms with E-state index in [9.17, 15) is 4.79 Å². The van der Waals surface area contributed by atoms with E-state index in [1.165, 1.54) is 17.5 Å². The normalized spacial score (nSPS) is 10.8. The van der Waals surface area contributed by atoms with Crippen LogP contribution in [0.25, 0.3) is 10.2 Å². The number of hydrogen-bond acceptors (Lipinski definition) is 4. The second kappa shape index (κ2) is 5.02. The Kier molecular flexibility index (Phi) is 3.64. The summed E-state index contributed by atoms with van der Waals surface area (Å²) in [6, 6.07) is 0. The number of ketones is 1. The molecule has 2 aromatic rings. The predicted molar refractivity (Wildman–Crippen MR) is 70.4 cm³/mol. The molecule has 0 unspecified atom stereocenters. The molecular formula is C12H12ClNO2S. The van der Waals surface area contributed by atoms with Gasteiger partial charge in [-0.2, -0.15) is 0 Å². The molecule has 3 nitrogen and oxygen atoms in total. The van der Waals surface area contributed by atoms with Crippen LogP contribution in [0.15, 0.2) is 11.6 Å². The first-order valence-electron chi connectivity index (χ1n) is 5.32. The number of thiophene rings is 1. The van der Waals surface area contributed by atoms with Gasteiger partial charge in [-0.3, -0.25) is 9.78 Å². The van der Waals surface area contributed by atoms with Gasteiger partial charge in [0, 0.05) is 18.0 Å². The number of carbonyl (C=O) groups excluding carboxylic acids is 1. The van der Waals surface area contributed by atoms with Gasteiger partial charge in [-0.25, -0.2) is 0 Å². The van der Waals surface area contributed by atoms with E-state index < -0.39 is 0 Å². The van der Waals surface area contributed by atoms with Crippen LogP contribution in [0.1, 0.15) is 30.1 Å². The summed E-state index contributed by atoms with van der Waals surface area (Å²) in [7, 11) is 1.59. The molecule has 0 N–H and O–H groups in total. The lowest BCUT2D eigenvalue weighted by molar-refractivity contribution is 0.0981. The summed E-state index contributed by atoms with van der Waals surface area (Å²) in [4.78, 5) is 16.1. The van der Waals surface area contributed by atoms with Crippen LogP contribution in [-0.4, -0.2) is 17.9 Å². The number of carbonyl (C=O) groups is 1. The first kappa shape index (κ1) is 12.3. The maximum absolute atomic E-state index is 11.8. The highest BCUT2D eigenvalue weighted by atomic mass is 35.5. The molecule has 2 heterocycles. The Morgan fingerprint density at radius 1 is 1.59 bits per heavy atom. The van der Waals surface area contributed by atoms with E-state index in [2.05, 4.69) is 4.98 Å². The van der Waals surface area contributed by atoms with E-state index in [0.717, 1.165) is 16.6 Å². The SMILES string of the molecule is CCCC(=O)c1cnc2c(OC)csc2c1Cl. The average Bonchev–Trinajstić information content (AvgIpc) is 2.73. The van der Waals surface area contributed by atoms with Crippen LogP contribution in [0.4, 0.5) is 0 Å². The van der Waals surface area contributed by atoms with Crippen LogP contribution in [0, 0.1) is 0 Å². The highest BCUT2D eigenvalue weighted by Gasteiger charge is 2.16. The number of ether oxygens (including phenoxy) is 1. The van der Waals surface area contributed by atoms with Gasteiger partial charge in [0.15, 0.2) is 11.5 Å². The Morgan fingerprint density at radius 2 is 2.35 bits per heavy atom. The van der Waals surface area contributed by atoms with Crippen molar-refractivity contribution in [2.45, 2.75) is 19.8 Å². The molecule has 0 aliphatic carbocycles. The minimum absolute atomic E-state index is 0.0410. The third-order valence-electron chi connectivity index (χ3n) is 2.49. The zero-order valence-electron chi connectivity index (χ0n) is 9.62. The molecule has 17 heavy (non-hydrogen) atoms. The standard InChI is InChI=1S/C12H12ClNO2S/c1-3-4-8(15)7-5-14-11-9(16-2)6-17-12(11)10(7)13/h5-6H,3-4H2,1-2H3. The van der Waals surface area contributed by atoms with Crippen molar-refractivity contribution in [2.75, 3.05) is 7.11 Å². The van der Waals surface area contributed by atoms with Gasteiger partial charge in [-0.1, -0.05) is 18.5 Å². The van der Waals surface area contributed by atoms with E-state index >= 15 is 0 Å². The second-order valence-electron chi connectivity index (χ2n) is 3.64. The topological polar surface area (TPSA) is 39.2 Å². The molecule has 2 aromatic heterocycles. The van der Waals surface area contributed by atoms with Gasteiger partial charge < -0.3 is 4.74 Å². The number of hydrogen-bond donors (Lipinski definition) is 0. The summed E-state index contributed by atoms with van der Waals surface area (Å²) >= 11 is 7.68. The molecule has 2 rings (SSSR count). The lowest BCUT2D eigenvalue weighted by Gasteiger charge is -2.03. The quantitative estimate of drug-likeness (QED) is 0.789. The van der Waals surface area contributed by atoms with Crippen molar-refractivity contribution in [1.82, 2.24) is 4.98 Å². The Bertz CT molecular complexity index is 565. The van der Waals surface area contributed by atoms with E-state index in [1.807, 2.05) is 12.3 Å². The molecule has 0 saturated heterocycles. The number of methoxy groups -OCH3 is 1. The van der Waals surface area contributed by atoms with E-state index in [4.69, 9.17) is 16.3 Å². The molecule has 0 aliphatic rings. The second-order valence-corrected chi connectivity index (χ2v) is 4.90. The van der Waals surface area contributed by atoms with Crippen molar-refractivity contribution < 1.29 is 9.53 Å². The summed E-state index contributed by atoms with van der Waals surface area (Å²) in [5, 5.41) is 2.33. The summed E-state index contributed by atoms with van der Waals surface area (Å²) in [5.74, 6) is 0.737. The first-order chi connectivity index (χ1) is 8.19. The smallest absolute Gasteiger partial charge is 0.165 e. The molecule has 5 heteroatoms. The minimum atomic E-state index is 0.0410. The molecule has 90 valence electrons. The number of fused-ring (bicyclic) bond motifs is 1. The van der Waals surface area contributed by atoms with Gasteiger partial charge in [0.25, 0.3) is 0 Å². The minimum Gasteiger partial charge on any atom is -0.494 e. The zero-order valence-corrected chi connectivity index (χ0v) is 11.2. The number of halogens is 1. The van der Waals surface area contributed by atoms with Gasteiger partial charge in [-0.05, 0) is 6.42 Å². The first-order valence-corrected chi connectivity index (χ1v) is 6.57. The van der Waals surface area contributed by atoms with E-state index in [0.29, 0.717) is 22.8 Å². The van der Waals surface area contributed by atoms with Crippen LogP contribution in [-0.2, 0) is 0 Å². The largest absolute Gasteiger partial charge is 0.494 e. The molecule has 0 aliphatic heterocycles. The molecule has 0 atom stereocenters. The maximum atomic E-state index is 11.8. The van der Waals surface area contributed by atoms with Gasteiger partial charge in [0.05, 0.1) is 22.4 Å². The molecule has 0 spiro atoms. The molecule has 0 bridgehead atoms. The highest BCUT2D eigenvalue weighted by molar-refractivity contribution is 7.18. The van der Waals surface area contributed by atoms with Gasteiger partial charge >= 0.3 is 0 Å². The molecule has 0 radical (unpaired) electrons. The van der Waals surface area contributed by atoms with Crippen LogP contribution < -0.4 is 4.74 Å². The predicted octanol–water partition coefficient (Wildman–Crippen LogP) is 3.94. The molecule has 0 saturated carbocycles. The molecule has 0 aromatic carbocycles. The fraction of sp³-hybridized carbons (Fsp3) is 0.333. The summed E-state index contributed by atoms with van der Waals surface area (Å²) < 4.78 is 5.99. The Balaban J connectivity index is 2.54. The lowest BCUT2D eigenvalue weighted by atomic mass is 10.1. The van der Waals surface area contributed by atoms with Crippen molar-refractivity contribution in [3.05, 3.63) is 22.2 Å². The average molecular weight is 270 g/mol. The summed E-state index contributed by atoms with van der Waals surface area (Å²) in [6.07, 6.45) is 2.84. The number of rotatable bonds is 4. The van der Waals surface area contributed by atoms with Gasteiger partial charge in [-0.15, -0.1) is 11.3 Å². The number of Topliss-reactive ketones (excluding diaryl/α,β-unsaturated/α-hetero) is 1. The molecule has 0 amide bonds. The van der Waals surface area contributed by atoms with E-state index in [1.54, 1.807) is 7.11 Å². The third-order valence-corrected chi connectivity index (χ3v) is 3.96. The number of aromatic nitrogens is 1. The fourth-order valence-electron chi connectivity index (χ4n) is 1.62. The van der Waals surface area contributed by atoms with Crippen LogP contribution in [0.2, 0.25) is 5.02 Å². The van der Waals surface area contributed by atoms with Crippen molar-refractivity contribution >= 4 is 38.9 Å². The molecular weight excluding hydrogens is 258 g/mol. The fourth-order valence-corrected chi connectivity index (χ4v) is 2.91. The monoisotopic (exact) mass is 269 g/mol. The molecule has 0 fully saturated rings. The van der Waals surface area contributed by atoms with Crippen LogP contribution in [0.3, 0.4) is 0 Å². The summed E-state index contributed by atoms with van der Waals surface area (Å²) in [5.41, 5.74) is 1.22. The van der Waals surface area contributed by atoms with Crippen molar-refractivity contribution in [2.24, 2.45) is 0 Å². The van der Waals surface area contributed by atoms with Crippen molar-refractivity contribution in [1.29, 1.82) is 0 Å². The summed E-state index contributed by atoms with van der Waals surface area (Å²) in [6.45, 7) is 1.96.